The van der Waals surface area contributed by atoms with Crippen LogP contribution in [0.1, 0.15) is 72.1 Å². The summed E-state index contributed by atoms with van der Waals surface area (Å²) in [6.45, 7) is 6.91. The molecule has 0 saturated heterocycles. The molecule has 0 aromatic heterocycles. The quantitative estimate of drug-likeness (QED) is 0.583. The molecule has 0 bridgehead atoms. The van der Waals surface area contributed by atoms with Crippen LogP contribution in [-0.4, -0.2) is 14.1 Å². The predicted octanol–water partition coefficient (Wildman–Crippen LogP) is 4.62. The Morgan fingerprint density at radius 1 is 0.800 bits per heavy atom. The second-order valence-electron chi connectivity index (χ2n) is 4.80. The van der Waals surface area contributed by atoms with E-state index in [0.717, 1.165) is 5.92 Å². The normalized spacial score (nSPS) is 10.0. The molecule has 94 valence electrons. The van der Waals surface area contributed by atoms with Crippen molar-refractivity contribution in [3.63, 3.8) is 0 Å². The highest BCUT2D eigenvalue weighted by Crippen LogP contribution is 2.11. The number of rotatable bonds is 8. The van der Waals surface area contributed by atoms with Gasteiger partial charge in [-0.15, -0.1) is 0 Å². The fraction of sp³-hybridized carbons (Fsp3) is 1.00. The van der Waals surface area contributed by atoms with E-state index in [2.05, 4.69) is 26.1 Å². The van der Waals surface area contributed by atoms with Gasteiger partial charge < -0.3 is 5.32 Å². The van der Waals surface area contributed by atoms with Gasteiger partial charge in [-0.25, -0.2) is 0 Å². The van der Waals surface area contributed by atoms with E-state index in [1.807, 2.05) is 14.1 Å². The fourth-order valence-corrected chi connectivity index (χ4v) is 1.51. The molecule has 1 heteroatoms. The average Bonchev–Trinajstić information content (AvgIpc) is 2.17. The SMILES string of the molecule is CCCCCCCCCC(C)C.CNC. The molecular weight excluding hydrogens is 182 g/mol. The molecule has 0 atom stereocenters. The summed E-state index contributed by atoms with van der Waals surface area (Å²) in [6.07, 6.45) is 11.5. The van der Waals surface area contributed by atoms with E-state index in [1.54, 1.807) is 0 Å². The summed E-state index contributed by atoms with van der Waals surface area (Å²) in [5, 5.41) is 2.75. The van der Waals surface area contributed by atoms with Crippen molar-refractivity contribution in [2.45, 2.75) is 72.1 Å². The molecule has 0 spiro atoms. The lowest BCUT2D eigenvalue weighted by molar-refractivity contribution is 0.511. The number of nitrogens with one attached hydrogen (secondary N) is 1. The Morgan fingerprint density at radius 2 is 1.20 bits per heavy atom. The Bertz CT molecular complexity index is 89.3. The Labute approximate surface area is 98.0 Å². The zero-order valence-electron chi connectivity index (χ0n) is 11.7. The maximum Gasteiger partial charge on any atom is -0.0167 e. The van der Waals surface area contributed by atoms with E-state index in [0.29, 0.717) is 0 Å². The number of unbranched alkanes of at least 4 members (excludes halogenated alkanes) is 6. The Balaban J connectivity index is 0. The van der Waals surface area contributed by atoms with E-state index in [1.165, 1.54) is 51.4 Å². The van der Waals surface area contributed by atoms with Crippen LogP contribution in [0, 0.1) is 5.92 Å². The molecule has 0 radical (unpaired) electrons. The Hall–Kier alpha value is -0.0400. The number of hydrogen-bond acceptors (Lipinski definition) is 1. The van der Waals surface area contributed by atoms with E-state index in [-0.39, 0.29) is 0 Å². The maximum absolute atomic E-state index is 2.75. The Kier molecular flexibility index (Phi) is 19.0. The molecule has 1 N–H and O–H groups in total. The van der Waals surface area contributed by atoms with Gasteiger partial charge in [0.25, 0.3) is 0 Å². The van der Waals surface area contributed by atoms with Crippen molar-refractivity contribution in [3.8, 4) is 0 Å². The topological polar surface area (TPSA) is 12.0 Å². The van der Waals surface area contributed by atoms with Crippen molar-refractivity contribution in [3.05, 3.63) is 0 Å². The van der Waals surface area contributed by atoms with Gasteiger partial charge in [0.15, 0.2) is 0 Å². The van der Waals surface area contributed by atoms with Crippen molar-refractivity contribution in [2.24, 2.45) is 5.92 Å². The molecule has 0 aliphatic heterocycles. The number of hydrogen-bond donors (Lipinski definition) is 1. The summed E-state index contributed by atoms with van der Waals surface area (Å²) in [5.74, 6) is 0.903. The summed E-state index contributed by atoms with van der Waals surface area (Å²) < 4.78 is 0. The molecule has 0 heterocycles. The lowest BCUT2D eigenvalue weighted by Gasteiger charge is -2.03. The minimum absolute atomic E-state index is 0.903. The summed E-state index contributed by atoms with van der Waals surface area (Å²) in [6, 6.07) is 0. The largest absolute Gasteiger partial charge is 0.323 e. The minimum Gasteiger partial charge on any atom is -0.323 e. The summed E-state index contributed by atoms with van der Waals surface area (Å²) in [4.78, 5) is 0. The lowest BCUT2D eigenvalue weighted by atomic mass is 10.0. The van der Waals surface area contributed by atoms with Crippen molar-refractivity contribution < 1.29 is 0 Å². The van der Waals surface area contributed by atoms with Crippen LogP contribution in [0.2, 0.25) is 0 Å². The van der Waals surface area contributed by atoms with Gasteiger partial charge >= 0.3 is 0 Å². The third-order valence-electron chi connectivity index (χ3n) is 2.39. The third-order valence-corrected chi connectivity index (χ3v) is 2.39. The van der Waals surface area contributed by atoms with Crippen molar-refractivity contribution >= 4 is 0 Å². The predicted molar refractivity (Wildman–Crippen MR) is 72.4 cm³/mol. The molecular formula is C14H33N. The Morgan fingerprint density at radius 3 is 1.60 bits per heavy atom. The van der Waals surface area contributed by atoms with E-state index < -0.39 is 0 Å². The van der Waals surface area contributed by atoms with Gasteiger partial charge in [-0.2, -0.15) is 0 Å². The van der Waals surface area contributed by atoms with Gasteiger partial charge in [0.2, 0.25) is 0 Å². The minimum atomic E-state index is 0.903. The van der Waals surface area contributed by atoms with Crippen LogP contribution in [-0.2, 0) is 0 Å². The van der Waals surface area contributed by atoms with Crippen LogP contribution in [0.5, 0.6) is 0 Å². The van der Waals surface area contributed by atoms with Gasteiger partial charge in [0.05, 0.1) is 0 Å². The molecule has 0 amide bonds. The molecule has 0 aromatic rings. The summed E-state index contributed by atoms with van der Waals surface area (Å²) >= 11 is 0. The monoisotopic (exact) mass is 215 g/mol. The molecule has 0 saturated carbocycles. The first-order chi connectivity index (χ1) is 7.18. The van der Waals surface area contributed by atoms with Crippen molar-refractivity contribution in [1.82, 2.24) is 5.32 Å². The van der Waals surface area contributed by atoms with Crippen LogP contribution in [0.4, 0.5) is 0 Å². The van der Waals surface area contributed by atoms with Gasteiger partial charge in [-0.1, -0.05) is 72.1 Å². The molecule has 0 rings (SSSR count). The zero-order valence-corrected chi connectivity index (χ0v) is 11.7. The van der Waals surface area contributed by atoms with E-state index in [9.17, 15) is 0 Å². The second kappa shape index (κ2) is 16.4. The van der Waals surface area contributed by atoms with Gasteiger partial charge in [0, 0.05) is 0 Å². The first kappa shape index (κ1) is 17.4. The molecule has 0 unspecified atom stereocenters. The lowest BCUT2D eigenvalue weighted by Crippen LogP contribution is -1.89. The molecule has 0 aromatic carbocycles. The summed E-state index contributed by atoms with van der Waals surface area (Å²) in [5.41, 5.74) is 0. The second-order valence-corrected chi connectivity index (χ2v) is 4.80. The maximum atomic E-state index is 2.75. The highest BCUT2D eigenvalue weighted by atomic mass is 14.7. The van der Waals surface area contributed by atoms with Crippen LogP contribution in [0.15, 0.2) is 0 Å². The highest BCUT2D eigenvalue weighted by molar-refractivity contribution is 4.48. The van der Waals surface area contributed by atoms with Crippen molar-refractivity contribution in [1.29, 1.82) is 0 Å². The van der Waals surface area contributed by atoms with Gasteiger partial charge in [0.1, 0.15) is 0 Å². The van der Waals surface area contributed by atoms with Crippen LogP contribution < -0.4 is 5.32 Å². The third kappa shape index (κ3) is 24.9. The van der Waals surface area contributed by atoms with Gasteiger partial charge in [-0.05, 0) is 20.0 Å². The van der Waals surface area contributed by atoms with Crippen LogP contribution in [0.3, 0.4) is 0 Å². The van der Waals surface area contributed by atoms with Crippen molar-refractivity contribution in [2.75, 3.05) is 14.1 Å². The van der Waals surface area contributed by atoms with E-state index >= 15 is 0 Å². The van der Waals surface area contributed by atoms with Crippen LogP contribution in [0.25, 0.3) is 0 Å². The first-order valence-electron chi connectivity index (χ1n) is 6.77. The molecule has 0 fully saturated rings. The zero-order chi connectivity index (χ0) is 11.9. The fourth-order valence-electron chi connectivity index (χ4n) is 1.51. The van der Waals surface area contributed by atoms with Crippen LogP contribution >= 0.6 is 0 Å². The highest BCUT2D eigenvalue weighted by Gasteiger charge is 1.93. The molecule has 0 aliphatic rings. The first-order valence-corrected chi connectivity index (χ1v) is 6.77. The standard InChI is InChI=1S/C12H26.C2H7N/c1-4-5-6-7-8-9-10-11-12(2)3;1-3-2/h12H,4-11H2,1-3H3;3H,1-2H3. The molecule has 1 nitrogen and oxygen atoms in total. The van der Waals surface area contributed by atoms with E-state index in [4.69, 9.17) is 0 Å². The molecule has 0 aliphatic carbocycles. The average molecular weight is 215 g/mol. The van der Waals surface area contributed by atoms with Gasteiger partial charge in [-0.3, -0.25) is 0 Å². The molecule has 15 heavy (non-hydrogen) atoms. The summed E-state index contributed by atoms with van der Waals surface area (Å²) in [7, 11) is 3.75. The smallest absolute Gasteiger partial charge is 0.0167 e.